The number of halogens is 2. The van der Waals surface area contributed by atoms with Gasteiger partial charge < -0.3 is 10.8 Å². The van der Waals surface area contributed by atoms with E-state index < -0.39 is 23.8 Å². The van der Waals surface area contributed by atoms with Crippen molar-refractivity contribution in [3.63, 3.8) is 0 Å². The third kappa shape index (κ3) is 2.02. The molecule has 2 atom stereocenters. The minimum Gasteiger partial charge on any atom is -0.387 e. The Morgan fingerprint density at radius 3 is 2.15 bits per heavy atom. The van der Waals surface area contributed by atoms with Crippen molar-refractivity contribution in [3.05, 3.63) is 35.4 Å². The Bertz CT molecular complexity index is 281. The second-order valence-corrected chi connectivity index (χ2v) is 2.94. The second kappa shape index (κ2) is 3.81. The van der Waals surface area contributed by atoms with Gasteiger partial charge >= 0.3 is 0 Å². The highest BCUT2D eigenvalue weighted by molar-refractivity contribution is 5.22. The molecule has 0 heterocycles. The summed E-state index contributed by atoms with van der Waals surface area (Å²) in [6.07, 6.45) is -1.30. The normalized spacial score (nSPS) is 15.5. The minimum atomic E-state index is -1.30. The molecular weight excluding hydrogens is 176 g/mol. The number of benzene rings is 1. The molecule has 0 aliphatic carbocycles. The molecule has 4 heteroatoms. The van der Waals surface area contributed by atoms with Crippen molar-refractivity contribution in [1.29, 1.82) is 0 Å². The summed E-state index contributed by atoms with van der Waals surface area (Å²) in [5.74, 6) is -1.55. The first-order valence-corrected chi connectivity index (χ1v) is 3.91. The molecule has 72 valence electrons. The molecule has 0 aliphatic rings. The summed E-state index contributed by atoms with van der Waals surface area (Å²) in [5, 5.41) is 9.35. The van der Waals surface area contributed by atoms with Crippen molar-refractivity contribution in [3.8, 4) is 0 Å². The molecule has 1 aromatic rings. The molecule has 2 nitrogen and oxygen atoms in total. The first-order chi connectivity index (χ1) is 6.04. The Labute approximate surface area is 75.0 Å². The van der Waals surface area contributed by atoms with Crippen molar-refractivity contribution in [2.75, 3.05) is 0 Å². The highest BCUT2D eigenvalue weighted by Crippen LogP contribution is 2.22. The lowest BCUT2D eigenvalue weighted by Gasteiger charge is -2.15. The maximum Gasteiger partial charge on any atom is 0.132 e. The Hall–Kier alpha value is -1.00. The quantitative estimate of drug-likeness (QED) is 0.734. The minimum absolute atomic E-state index is 0.363. The van der Waals surface area contributed by atoms with Gasteiger partial charge in [-0.2, -0.15) is 0 Å². The largest absolute Gasteiger partial charge is 0.387 e. The molecule has 0 saturated carbocycles. The fourth-order valence-corrected chi connectivity index (χ4v) is 1.06. The van der Waals surface area contributed by atoms with Crippen LogP contribution >= 0.6 is 0 Å². The third-order valence-corrected chi connectivity index (χ3v) is 1.79. The maximum absolute atomic E-state index is 13.0. The topological polar surface area (TPSA) is 46.2 Å². The van der Waals surface area contributed by atoms with Crippen LogP contribution in [0.4, 0.5) is 8.78 Å². The second-order valence-electron chi connectivity index (χ2n) is 2.94. The molecule has 0 amide bonds. The van der Waals surface area contributed by atoms with E-state index in [0.29, 0.717) is 0 Å². The van der Waals surface area contributed by atoms with Crippen LogP contribution in [0.5, 0.6) is 0 Å². The predicted molar refractivity (Wildman–Crippen MR) is 45.0 cm³/mol. The van der Waals surface area contributed by atoms with Gasteiger partial charge in [0.25, 0.3) is 0 Å². The molecule has 0 bridgehead atoms. The van der Waals surface area contributed by atoms with E-state index in [-0.39, 0.29) is 5.56 Å². The molecular formula is C9H11F2NO. The van der Waals surface area contributed by atoms with E-state index in [1.807, 2.05) is 0 Å². The average molecular weight is 187 g/mol. The van der Waals surface area contributed by atoms with Crippen LogP contribution in [0.15, 0.2) is 18.2 Å². The van der Waals surface area contributed by atoms with Crippen LogP contribution in [0.1, 0.15) is 18.6 Å². The fraction of sp³-hybridized carbons (Fsp3) is 0.333. The molecule has 0 spiro atoms. The fourth-order valence-electron chi connectivity index (χ4n) is 1.06. The molecule has 1 rings (SSSR count). The zero-order valence-electron chi connectivity index (χ0n) is 7.17. The lowest BCUT2D eigenvalue weighted by molar-refractivity contribution is 0.144. The lowest BCUT2D eigenvalue weighted by atomic mass is 10.0. The van der Waals surface area contributed by atoms with Gasteiger partial charge in [-0.1, -0.05) is 6.07 Å². The number of hydrogen-bond acceptors (Lipinski definition) is 2. The molecule has 1 aromatic carbocycles. The van der Waals surface area contributed by atoms with E-state index in [1.165, 1.54) is 13.0 Å². The summed E-state index contributed by atoms with van der Waals surface area (Å²) < 4.78 is 26.0. The third-order valence-electron chi connectivity index (χ3n) is 1.79. The van der Waals surface area contributed by atoms with Gasteiger partial charge in [0.05, 0.1) is 11.7 Å². The number of aliphatic hydroxyl groups is 1. The average Bonchev–Trinajstić information content (AvgIpc) is 2.03. The number of aliphatic hydroxyl groups excluding tert-OH is 1. The molecule has 0 aliphatic heterocycles. The van der Waals surface area contributed by atoms with Crippen LogP contribution < -0.4 is 5.73 Å². The van der Waals surface area contributed by atoms with Crippen LogP contribution in [0, 0.1) is 11.6 Å². The maximum atomic E-state index is 13.0. The summed E-state index contributed by atoms with van der Waals surface area (Å²) in [6, 6.07) is 2.71. The van der Waals surface area contributed by atoms with Crippen LogP contribution in [-0.2, 0) is 0 Å². The molecule has 0 unspecified atom stereocenters. The van der Waals surface area contributed by atoms with Gasteiger partial charge in [0, 0.05) is 6.04 Å². The van der Waals surface area contributed by atoms with Gasteiger partial charge in [-0.15, -0.1) is 0 Å². The summed E-state index contributed by atoms with van der Waals surface area (Å²) >= 11 is 0. The standard InChI is InChI=1S/C9H11F2NO/c1-5(12)9(13)8-6(10)3-2-4-7(8)11/h2-5,9,13H,12H2,1H3/t5-,9+/m1/s1. The highest BCUT2D eigenvalue weighted by Gasteiger charge is 2.20. The van der Waals surface area contributed by atoms with Gasteiger partial charge in [-0.3, -0.25) is 0 Å². The molecule has 0 aromatic heterocycles. The molecule has 0 fully saturated rings. The van der Waals surface area contributed by atoms with Crippen molar-refractivity contribution in [1.82, 2.24) is 0 Å². The van der Waals surface area contributed by atoms with Gasteiger partial charge in [0.1, 0.15) is 11.6 Å². The Morgan fingerprint density at radius 1 is 1.31 bits per heavy atom. The highest BCUT2D eigenvalue weighted by atomic mass is 19.1. The smallest absolute Gasteiger partial charge is 0.132 e. The van der Waals surface area contributed by atoms with E-state index >= 15 is 0 Å². The predicted octanol–water partition coefficient (Wildman–Crippen LogP) is 1.35. The Balaban J connectivity index is 3.12. The van der Waals surface area contributed by atoms with Crippen LogP contribution in [-0.4, -0.2) is 11.1 Å². The summed E-state index contributed by atoms with van der Waals surface area (Å²) in [6.45, 7) is 1.48. The zero-order valence-corrected chi connectivity index (χ0v) is 7.17. The van der Waals surface area contributed by atoms with Crippen LogP contribution in [0.25, 0.3) is 0 Å². The zero-order chi connectivity index (χ0) is 10.0. The molecule has 0 saturated heterocycles. The van der Waals surface area contributed by atoms with Crippen molar-refractivity contribution in [2.45, 2.75) is 19.1 Å². The van der Waals surface area contributed by atoms with Gasteiger partial charge in [0.2, 0.25) is 0 Å². The van der Waals surface area contributed by atoms with Crippen molar-refractivity contribution in [2.24, 2.45) is 5.73 Å². The monoisotopic (exact) mass is 187 g/mol. The van der Waals surface area contributed by atoms with E-state index in [0.717, 1.165) is 12.1 Å². The number of nitrogens with two attached hydrogens (primary N) is 1. The number of rotatable bonds is 2. The van der Waals surface area contributed by atoms with Gasteiger partial charge in [-0.25, -0.2) is 8.78 Å². The van der Waals surface area contributed by atoms with E-state index in [9.17, 15) is 13.9 Å². The first kappa shape index (κ1) is 10.1. The number of hydrogen-bond donors (Lipinski definition) is 2. The molecule has 3 N–H and O–H groups in total. The first-order valence-electron chi connectivity index (χ1n) is 3.91. The van der Waals surface area contributed by atoms with Crippen LogP contribution in [0.3, 0.4) is 0 Å². The van der Waals surface area contributed by atoms with Crippen LogP contribution in [0.2, 0.25) is 0 Å². The summed E-state index contributed by atoms with van der Waals surface area (Å²) in [4.78, 5) is 0. The Morgan fingerprint density at radius 2 is 1.77 bits per heavy atom. The summed E-state index contributed by atoms with van der Waals surface area (Å²) in [7, 11) is 0. The van der Waals surface area contributed by atoms with Crippen molar-refractivity contribution >= 4 is 0 Å². The molecule has 13 heavy (non-hydrogen) atoms. The lowest BCUT2D eigenvalue weighted by Crippen LogP contribution is -2.26. The Kier molecular flexibility index (Phi) is 2.95. The van der Waals surface area contributed by atoms with Crippen molar-refractivity contribution < 1.29 is 13.9 Å². The van der Waals surface area contributed by atoms with E-state index in [4.69, 9.17) is 5.73 Å². The van der Waals surface area contributed by atoms with E-state index in [1.54, 1.807) is 0 Å². The van der Waals surface area contributed by atoms with E-state index in [2.05, 4.69) is 0 Å². The summed E-state index contributed by atoms with van der Waals surface area (Å²) in [5.41, 5.74) is 4.96. The molecule has 0 radical (unpaired) electrons. The van der Waals surface area contributed by atoms with Gasteiger partial charge in [-0.05, 0) is 19.1 Å². The SMILES string of the molecule is C[C@@H](N)[C@H](O)c1c(F)cccc1F. The van der Waals surface area contributed by atoms with Gasteiger partial charge in [0.15, 0.2) is 0 Å².